The maximum Gasteiger partial charge on any atom is 0.120 e. The summed E-state index contributed by atoms with van der Waals surface area (Å²) in [5.41, 5.74) is 1.16. The molecule has 0 N–H and O–H groups in total. The average Bonchev–Trinajstić information content (AvgIpc) is 2.22. The number of rotatable bonds is 1. The van der Waals surface area contributed by atoms with Crippen molar-refractivity contribution in [3.8, 4) is 0 Å². The summed E-state index contributed by atoms with van der Waals surface area (Å²) in [6.07, 6.45) is 2.51. The van der Waals surface area contributed by atoms with Gasteiger partial charge in [0.1, 0.15) is 5.94 Å². The quantitative estimate of drug-likeness (QED) is 0.349. The van der Waals surface area contributed by atoms with Crippen molar-refractivity contribution in [3.05, 3.63) is 18.2 Å². The highest BCUT2D eigenvalue weighted by molar-refractivity contribution is 5.50. The van der Waals surface area contributed by atoms with Crippen LogP contribution < -0.4 is 0 Å². The maximum atomic E-state index is 9.58. The Morgan fingerprint density at radius 2 is 2.57 bits per heavy atom. The first-order chi connectivity index (χ1) is 3.34. The summed E-state index contributed by atoms with van der Waals surface area (Å²) in [7, 11) is 0. The topological polar surface area (TPSA) is 17.1 Å². The number of hydrogen-bond donors (Lipinski definition) is 0. The molecule has 1 aliphatic carbocycles. The molecule has 1 rings (SSSR count). The molecule has 0 radical (unpaired) electrons. The lowest BCUT2D eigenvalue weighted by Gasteiger charge is -1.63. The second-order valence-electron chi connectivity index (χ2n) is 1.75. The first-order valence-corrected chi connectivity index (χ1v) is 2.23. The Labute approximate surface area is 42.3 Å². The van der Waals surface area contributed by atoms with Crippen LogP contribution in [-0.4, -0.2) is 5.94 Å². The Kier molecular flexibility index (Phi) is 0.844. The predicted molar refractivity (Wildman–Crippen MR) is 27.5 cm³/mol. The summed E-state index contributed by atoms with van der Waals surface area (Å²) in [4.78, 5) is 9.58. The summed E-state index contributed by atoms with van der Waals surface area (Å²) in [6.45, 7) is 3.66. The lowest BCUT2D eigenvalue weighted by molar-refractivity contribution is 0.568. The van der Waals surface area contributed by atoms with E-state index < -0.39 is 0 Å². The van der Waals surface area contributed by atoms with Crippen molar-refractivity contribution >= 4 is 5.94 Å². The summed E-state index contributed by atoms with van der Waals surface area (Å²) in [6, 6.07) is 0. The van der Waals surface area contributed by atoms with E-state index in [1.165, 1.54) is 6.08 Å². The van der Waals surface area contributed by atoms with Crippen molar-refractivity contribution in [2.75, 3.05) is 0 Å². The molecule has 1 fully saturated rings. The van der Waals surface area contributed by atoms with Crippen LogP contribution in [0.3, 0.4) is 0 Å². The molecule has 0 spiro atoms. The van der Waals surface area contributed by atoms with Gasteiger partial charge < -0.3 is 0 Å². The van der Waals surface area contributed by atoms with E-state index in [1.807, 2.05) is 0 Å². The zero-order valence-electron chi connectivity index (χ0n) is 3.98. The van der Waals surface area contributed by atoms with Crippen LogP contribution in [0.4, 0.5) is 0 Å². The molecule has 0 saturated heterocycles. The highest BCUT2D eigenvalue weighted by Crippen LogP contribution is 2.35. The molecule has 0 aromatic rings. The molecule has 0 heterocycles. The third-order valence-corrected chi connectivity index (χ3v) is 1.12. The molecule has 1 atom stereocenters. The molecular weight excluding hydrogens is 88.1 g/mol. The van der Waals surface area contributed by atoms with Crippen LogP contribution in [0.25, 0.3) is 0 Å². The standard InChI is InChI=1S/C6H6O/c1-5-4-6(5)2-3-7/h2,6H,1,4H2. The first kappa shape index (κ1) is 4.35. The van der Waals surface area contributed by atoms with Crippen LogP contribution in [-0.2, 0) is 4.79 Å². The molecule has 36 valence electrons. The van der Waals surface area contributed by atoms with Crippen LogP contribution in [0, 0.1) is 5.92 Å². The van der Waals surface area contributed by atoms with Crippen molar-refractivity contribution < 1.29 is 4.79 Å². The van der Waals surface area contributed by atoms with Crippen molar-refractivity contribution in [2.45, 2.75) is 6.42 Å². The monoisotopic (exact) mass is 94.0 g/mol. The van der Waals surface area contributed by atoms with Crippen molar-refractivity contribution in [3.63, 3.8) is 0 Å². The predicted octanol–water partition coefficient (Wildman–Crippen LogP) is 0.950. The fraction of sp³-hybridized carbons (Fsp3) is 0.333. The molecule has 0 aromatic heterocycles. The smallest absolute Gasteiger partial charge is 0.120 e. The molecular formula is C6H6O. The minimum absolute atomic E-state index is 0.373. The summed E-state index contributed by atoms with van der Waals surface area (Å²) < 4.78 is 0. The van der Waals surface area contributed by atoms with Gasteiger partial charge in [0, 0.05) is 12.0 Å². The number of allylic oxidation sites excluding steroid dienone is 2. The normalized spacial score (nSPS) is 26.3. The molecule has 0 aliphatic heterocycles. The highest BCUT2D eigenvalue weighted by Gasteiger charge is 2.23. The molecule has 1 heteroatoms. The van der Waals surface area contributed by atoms with Gasteiger partial charge in [-0.1, -0.05) is 12.2 Å². The Balaban J connectivity index is 2.48. The third kappa shape index (κ3) is 0.787. The van der Waals surface area contributed by atoms with Crippen LogP contribution in [0.15, 0.2) is 18.2 Å². The van der Waals surface area contributed by atoms with Gasteiger partial charge in [0.15, 0.2) is 0 Å². The molecule has 0 amide bonds. The molecule has 1 nitrogen and oxygen atoms in total. The molecule has 7 heavy (non-hydrogen) atoms. The molecule has 1 saturated carbocycles. The van der Waals surface area contributed by atoms with Gasteiger partial charge in [-0.3, -0.25) is 0 Å². The van der Waals surface area contributed by atoms with Crippen molar-refractivity contribution in [2.24, 2.45) is 5.92 Å². The van der Waals surface area contributed by atoms with Crippen LogP contribution in [0.5, 0.6) is 0 Å². The Morgan fingerprint density at radius 1 is 2.00 bits per heavy atom. The van der Waals surface area contributed by atoms with Gasteiger partial charge in [-0.25, -0.2) is 4.79 Å². The van der Waals surface area contributed by atoms with E-state index in [2.05, 4.69) is 6.58 Å². The molecule has 1 unspecified atom stereocenters. The fourth-order valence-corrected chi connectivity index (χ4v) is 0.482. The van der Waals surface area contributed by atoms with Crippen LogP contribution >= 0.6 is 0 Å². The van der Waals surface area contributed by atoms with E-state index in [9.17, 15) is 4.79 Å². The van der Waals surface area contributed by atoms with Crippen molar-refractivity contribution in [1.29, 1.82) is 0 Å². The van der Waals surface area contributed by atoms with E-state index in [-0.39, 0.29) is 0 Å². The average molecular weight is 94.1 g/mol. The Morgan fingerprint density at radius 3 is 2.71 bits per heavy atom. The summed E-state index contributed by atoms with van der Waals surface area (Å²) >= 11 is 0. The van der Waals surface area contributed by atoms with Gasteiger partial charge in [0.05, 0.1) is 0 Å². The molecule has 0 bridgehead atoms. The first-order valence-electron chi connectivity index (χ1n) is 2.23. The van der Waals surface area contributed by atoms with E-state index in [4.69, 9.17) is 0 Å². The second kappa shape index (κ2) is 1.36. The van der Waals surface area contributed by atoms with Crippen LogP contribution in [0.2, 0.25) is 0 Å². The van der Waals surface area contributed by atoms with Gasteiger partial charge in [-0.15, -0.1) is 0 Å². The van der Waals surface area contributed by atoms with E-state index in [1.54, 1.807) is 5.94 Å². The number of carbonyl (C=O) groups excluding carboxylic acids is 1. The number of hydrogen-bond acceptors (Lipinski definition) is 1. The van der Waals surface area contributed by atoms with Gasteiger partial charge in [-0.05, 0) is 6.42 Å². The largest absolute Gasteiger partial charge is 0.234 e. The zero-order valence-corrected chi connectivity index (χ0v) is 3.98. The highest BCUT2D eigenvalue weighted by atomic mass is 16.1. The lowest BCUT2D eigenvalue weighted by Crippen LogP contribution is -1.59. The van der Waals surface area contributed by atoms with E-state index >= 15 is 0 Å². The Bertz CT molecular complexity index is 140. The summed E-state index contributed by atoms with van der Waals surface area (Å²) in [5.74, 6) is 2.10. The molecule has 1 aliphatic rings. The Hall–Kier alpha value is -0.810. The van der Waals surface area contributed by atoms with E-state index in [0.29, 0.717) is 5.92 Å². The van der Waals surface area contributed by atoms with Gasteiger partial charge in [-0.2, -0.15) is 0 Å². The van der Waals surface area contributed by atoms with Gasteiger partial charge in [0.2, 0.25) is 0 Å². The minimum atomic E-state index is 0.373. The second-order valence-corrected chi connectivity index (χ2v) is 1.75. The van der Waals surface area contributed by atoms with E-state index in [0.717, 1.165) is 12.0 Å². The van der Waals surface area contributed by atoms with Gasteiger partial charge in [0.25, 0.3) is 0 Å². The lowest BCUT2D eigenvalue weighted by atomic mass is 10.4. The van der Waals surface area contributed by atoms with Crippen molar-refractivity contribution in [1.82, 2.24) is 0 Å². The maximum absolute atomic E-state index is 9.58. The minimum Gasteiger partial charge on any atom is -0.234 e. The third-order valence-electron chi connectivity index (χ3n) is 1.12. The van der Waals surface area contributed by atoms with Crippen LogP contribution in [0.1, 0.15) is 6.42 Å². The zero-order chi connectivity index (χ0) is 5.28. The summed E-state index contributed by atoms with van der Waals surface area (Å²) in [5, 5.41) is 0. The van der Waals surface area contributed by atoms with Gasteiger partial charge >= 0.3 is 0 Å². The fourth-order valence-electron chi connectivity index (χ4n) is 0.482. The molecule has 0 aromatic carbocycles. The SMILES string of the molecule is C=C1CC1C=C=O.